The minimum atomic E-state index is -0.545. The van der Waals surface area contributed by atoms with E-state index < -0.39 is 6.10 Å². The second-order valence-electron chi connectivity index (χ2n) is 4.67. The molecule has 0 saturated carbocycles. The molecule has 96 valence electrons. The van der Waals surface area contributed by atoms with E-state index in [9.17, 15) is 5.11 Å². The summed E-state index contributed by atoms with van der Waals surface area (Å²) < 4.78 is 12.3. The second kappa shape index (κ2) is 5.06. The van der Waals surface area contributed by atoms with E-state index in [0.29, 0.717) is 24.9 Å². The van der Waals surface area contributed by atoms with Crippen LogP contribution >= 0.6 is 0 Å². The molecule has 0 aromatic carbocycles. The molecule has 1 aromatic heterocycles. The Morgan fingerprint density at radius 1 is 1.65 bits per heavy atom. The lowest BCUT2D eigenvalue weighted by Gasteiger charge is -2.32. The highest BCUT2D eigenvalue weighted by Gasteiger charge is 2.32. The lowest BCUT2D eigenvalue weighted by molar-refractivity contribution is -0.0340. The fourth-order valence-corrected chi connectivity index (χ4v) is 2.49. The first-order chi connectivity index (χ1) is 8.15. The standard InChI is InChI=1S/C12H20N2O3/c1-8-7-17-5-4-9(8)12(15)11-10(16-3)6-13-14(11)2/h6,8-9,12,15H,4-5,7H2,1-3H3. The Morgan fingerprint density at radius 2 is 2.41 bits per heavy atom. The minimum Gasteiger partial charge on any atom is -0.493 e. The maximum atomic E-state index is 10.5. The topological polar surface area (TPSA) is 56.5 Å². The molecule has 1 saturated heterocycles. The van der Waals surface area contributed by atoms with E-state index in [1.54, 1.807) is 18.0 Å². The molecule has 0 spiro atoms. The lowest BCUT2D eigenvalue weighted by Crippen LogP contribution is -2.31. The molecule has 0 amide bonds. The second-order valence-corrected chi connectivity index (χ2v) is 4.67. The minimum absolute atomic E-state index is 0.202. The Labute approximate surface area is 101 Å². The molecule has 1 aliphatic heterocycles. The Balaban J connectivity index is 2.22. The fraction of sp³-hybridized carbons (Fsp3) is 0.750. The van der Waals surface area contributed by atoms with Crippen LogP contribution in [0.15, 0.2) is 6.20 Å². The van der Waals surface area contributed by atoms with Crippen LogP contribution in [-0.2, 0) is 11.8 Å². The summed E-state index contributed by atoms with van der Waals surface area (Å²) in [5.41, 5.74) is 0.756. The predicted molar refractivity (Wildman–Crippen MR) is 62.8 cm³/mol. The van der Waals surface area contributed by atoms with Crippen LogP contribution in [0.3, 0.4) is 0 Å². The Morgan fingerprint density at radius 3 is 3.06 bits per heavy atom. The van der Waals surface area contributed by atoms with Crippen molar-refractivity contribution in [2.75, 3.05) is 20.3 Å². The highest BCUT2D eigenvalue weighted by molar-refractivity contribution is 5.27. The zero-order valence-corrected chi connectivity index (χ0v) is 10.6. The first-order valence-corrected chi connectivity index (χ1v) is 5.96. The van der Waals surface area contributed by atoms with Crippen LogP contribution in [0.2, 0.25) is 0 Å². The first-order valence-electron chi connectivity index (χ1n) is 5.96. The first kappa shape index (κ1) is 12.4. The number of ether oxygens (including phenoxy) is 2. The number of aliphatic hydroxyl groups excluding tert-OH is 1. The molecule has 3 unspecified atom stereocenters. The van der Waals surface area contributed by atoms with Crippen molar-refractivity contribution in [1.29, 1.82) is 0 Å². The van der Waals surface area contributed by atoms with E-state index in [-0.39, 0.29) is 5.92 Å². The average molecular weight is 240 g/mol. The normalized spacial score (nSPS) is 26.8. The van der Waals surface area contributed by atoms with Gasteiger partial charge in [-0.15, -0.1) is 0 Å². The highest BCUT2D eigenvalue weighted by Crippen LogP contribution is 2.36. The fourth-order valence-electron chi connectivity index (χ4n) is 2.49. The van der Waals surface area contributed by atoms with Crippen LogP contribution < -0.4 is 4.74 Å². The van der Waals surface area contributed by atoms with Gasteiger partial charge in [-0.1, -0.05) is 6.92 Å². The van der Waals surface area contributed by atoms with Crippen LogP contribution in [0.5, 0.6) is 5.75 Å². The third-order valence-electron chi connectivity index (χ3n) is 3.56. The number of hydrogen-bond donors (Lipinski definition) is 1. The van der Waals surface area contributed by atoms with Crippen LogP contribution in [0.25, 0.3) is 0 Å². The summed E-state index contributed by atoms with van der Waals surface area (Å²) in [6, 6.07) is 0. The van der Waals surface area contributed by atoms with E-state index >= 15 is 0 Å². The summed E-state index contributed by atoms with van der Waals surface area (Å²) in [4.78, 5) is 0. The smallest absolute Gasteiger partial charge is 0.162 e. The number of hydrogen-bond acceptors (Lipinski definition) is 4. The van der Waals surface area contributed by atoms with Gasteiger partial charge in [-0.25, -0.2) is 0 Å². The van der Waals surface area contributed by atoms with Gasteiger partial charge in [0.1, 0.15) is 11.8 Å². The van der Waals surface area contributed by atoms with Gasteiger partial charge in [-0.05, 0) is 18.3 Å². The monoisotopic (exact) mass is 240 g/mol. The Bertz CT molecular complexity index is 378. The quantitative estimate of drug-likeness (QED) is 0.860. The summed E-state index contributed by atoms with van der Waals surface area (Å²) in [6.07, 6.45) is 1.97. The number of aromatic nitrogens is 2. The molecule has 1 fully saturated rings. The molecule has 1 aliphatic rings. The van der Waals surface area contributed by atoms with Gasteiger partial charge in [0.05, 0.1) is 13.3 Å². The van der Waals surface area contributed by atoms with Crippen molar-refractivity contribution in [1.82, 2.24) is 9.78 Å². The van der Waals surface area contributed by atoms with Crippen LogP contribution in [0.1, 0.15) is 25.1 Å². The zero-order valence-electron chi connectivity index (χ0n) is 10.6. The predicted octanol–water partition coefficient (Wildman–Crippen LogP) is 1.13. The van der Waals surface area contributed by atoms with E-state index in [4.69, 9.17) is 9.47 Å². The highest BCUT2D eigenvalue weighted by atomic mass is 16.5. The molecule has 3 atom stereocenters. The molecule has 2 heterocycles. The SMILES string of the molecule is COc1cnn(C)c1C(O)C1CCOCC1C. The van der Waals surface area contributed by atoms with Crippen LogP contribution in [0.4, 0.5) is 0 Å². The molecule has 5 heteroatoms. The lowest BCUT2D eigenvalue weighted by atomic mass is 9.84. The maximum Gasteiger partial charge on any atom is 0.162 e. The molecular weight excluding hydrogens is 220 g/mol. The third-order valence-corrected chi connectivity index (χ3v) is 3.56. The van der Waals surface area contributed by atoms with E-state index in [1.165, 1.54) is 0 Å². The van der Waals surface area contributed by atoms with Crippen molar-refractivity contribution in [2.45, 2.75) is 19.4 Å². The molecule has 1 N–H and O–H groups in total. The largest absolute Gasteiger partial charge is 0.493 e. The van der Waals surface area contributed by atoms with Crippen LogP contribution in [-0.4, -0.2) is 35.2 Å². The molecule has 0 bridgehead atoms. The summed E-state index contributed by atoms with van der Waals surface area (Å²) in [5.74, 6) is 1.20. The van der Waals surface area contributed by atoms with Gasteiger partial charge in [0, 0.05) is 20.3 Å². The average Bonchev–Trinajstić information content (AvgIpc) is 2.70. The van der Waals surface area contributed by atoms with Crippen molar-refractivity contribution in [3.8, 4) is 5.75 Å². The summed E-state index contributed by atoms with van der Waals surface area (Å²) in [6.45, 7) is 3.53. The number of aryl methyl sites for hydroxylation is 1. The van der Waals surface area contributed by atoms with Crippen molar-refractivity contribution in [3.63, 3.8) is 0 Å². The molecule has 2 rings (SSSR count). The van der Waals surface area contributed by atoms with Gasteiger partial charge >= 0.3 is 0 Å². The van der Waals surface area contributed by atoms with Crippen molar-refractivity contribution in [3.05, 3.63) is 11.9 Å². The molecule has 1 aromatic rings. The molecule has 0 aliphatic carbocycles. The van der Waals surface area contributed by atoms with Gasteiger partial charge in [-0.3, -0.25) is 4.68 Å². The van der Waals surface area contributed by atoms with Crippen molar-refractivity contribution < 1.29 is 14.6 Å². The number of rotatable bonds is 3. The Hall–Kier alpha value is -1.07. The third kappa shape index (κ3) is 2.30. The molecule has 17 heavy (non-hydrogen) atoms. The van der Waals surface area contributed by atoms with E-state index in [2.05, 4.69) is 12.0 Å². The maximum absolute atomic E-state index is 10.5. The van der Waals surface area contributed by atoms with Gasteiger partial charge < -0.3 is 14.6 Å². The van der Waals surface area contributed by atoms with Crippen molar-refractivity contribution in [2.24, 2.45) is 18.9 Å². The molecule has 5 nitrogen and oxygen atoms in total. The zero-order chi connectivity index (χ0) is 12.4. The number of nitrogens with zero attached hydrogens (tertiary/aromatic N) is 2. The summed E-state index contributed by atoms with van der Waals surface area (Å²) in [7, 11) is 3.42. The van der Waals surface area contributed by atoms with Crippen LogP contribution in [0, 0.1) is 11.8 Å². The number of methoxy groups -OCH3 is 1. The van der Waals surface area contributed by atoms with Gasteiger partial charge in [0.25, 0.3) is 0 Å². The van der Waals surface area contributed by atoms with Gasteiger partial charge in [0.15, 0.2) is 5.75 Å². The van der Waals surface area contributed by atoms with Gasteiger partial charge in [-0.2, -0.15) is 5.10 Å². The van der Waals surface area contributed by atoms with Gasteiger partial charge in [0.2, 0.25) is 0 Å². The Kier molecular flexibility index (Phi) is 3.69. The van der Waals surface area contributed by atoms with Crippen molar-refractivity contribution >= 4 is 0 Å². The number of aliphatic hydroxyl groups is 1. The molecular formula is C12H20N2O3. The van der Waals surface area contributed by atoms with E-state index in [0.717, 1.165) is 12.1 Å². The summed E-state index contributed by atoms with van der Waals surface area (Å²) in [5, 5.41) is 14.6. The summed E-state index contributed by atoms with van der Waals surface area (Å²) >= 11 is 0. The molecule has 0 radical (unpaired) electrons. The van der Waals surface area contributed by atoms with E-state index in [1.807, 2.05) is 7.05 Å².